The third kappa shape index (κ3) is 5.98. The minimum atomic E-state index is 0.613. The Balaban J connectivity index is 1.04. The molecule has 0 radical (unpaired) electrons. The first-order valence-electron chi connectivity index (χ1n) is 20.9. The van der Waals surface area contributed by atoms with Crippen molar-refractivity contribution in [3.05, 3.63) is 224 Å². The summed E-state index contributed by atoms with van der Waals surface area (Å²) in [7, 11) is 0. The molecule has 0 amide bonds. The zero-order chi connectivity index (χ0) is 41.0. The zero-order valence-corrected chi connectivity index (χ0v) is 33.6. The highest BCUT2D eigenvalue weighted by Gasteiger charge is 2.21. The van der Waals surface area contributed by atoms with Crippen LogP contribution in [0.15, 0.2) is 224 Å². The van der Waals surface area contributed by atoms with Crippen LogP contribution in [0.5, 0.6) is 0 Å². The lowest BCUT2D eigenvalue weighted by Gasteiger charge is -2.12. The van der Waals surface area contributed by atoms with Crippen LogP contribution in [-0.2, 0) is 0 Å². The predicted octanol–water partition coefficient (Wildman–Crippen LogP) is 14.4. The number of nitrogens with zero attached hydrogens (tertiary/aromatic N) is 5. The molecule has 0 aliphatic heterocycles. The van der Waals surface area contributed by atoms with Gasteiger partial charge in [0.2, 0.25) is 0 Å². The van der Waals surface area contributed by atoms with Gasteiger partial charge in [0.25, 0.3) is 0 Å². The normalized spacial score (nSPS) is 11.5. The van der Waals surface area contributed by atoms with Crippen molar-refractivity contribution in [3.63, 3.8) is 0 Å². The van der Waals surface area contributed by atoms with Gasteiger partial charge in [0.05, 0.1) is 22.1 Å². The summed E-state index contributed by atoms with van der Waals surface area (Å²) in [4.78, 5) is 15.5. The molecule has 0 aliphatic rings. The number of fused-ring (bicyclic) bond motifs is 7. The van der Waals surface area contributed by atoms with E-state index in [1.165, 1.54) is 38.1 Å². The second-order valence-corrected chi connectivity index (χ2v) is 15.6. The average Bonchev–Trinajstić information content (AvgIpc) is 3.88. The largest absolute Gasteiger partial charge is 0.309 e. The van der Waals surface area contributed by atoms with E-state index in [-0.39, 0.29) is 0 Å². The van der Waals surface area contributed by atoms with Gasteiger partial charge in [-0.25, -0.2) is 15.0 Å². The Hall–Kier alpha value is -8.41. The van der Waals surface area contributed by atoms with Crippen molar-refractivity contribution in [1.29, 1.82) is 0 Å². The lowest BCUT2D eigenvalue weighted by Crippen LogP contribution is -2.01. The summed E-state index contributed by atoms with van der Waals surface area (Å²) >= 11 is 0. The summed E-state index contributed by atoms with van der Waals surface area (Å²) in [6.07, 6.45) is 0. The van der Waals surface area contributed by atoms with Gasteiger partial charge >= 0.3 is 0 Å². The first kappa shape index (κ1) is 35.5. The molecule has 0 fully saturated rings. The maximum atomic E-state index is 5.18. The Bertz CT molecular complexity index is 3510. The highest BCUT2D eigenvalue weighted by Crippen LogP contribution is 2.42. The van der Waals surface area contributed by atoms with Gasteiger partial charge in [-0.2, -0.15) is 0 Å². The van der Waals surface area contributed by atoms with Crippen LogP contribution in [0.3, 0.4) is 0 Å². The van der Waals surface area contributed by atoms with Gasteiger partial charge in [-0.1, -0.05) is 158 Å². The Labute approximate surface area is 358 Å². The van der Waals surface area contributed by atoms with Crippen molar-refractivity contribution >= 4 is 43.6 Å². The van der Waals surface area contributed by atoms with Gasteiger partial charge in [0.1, 0.15) is 0 Å². The number of benzene rings is 9. The lowest BCUT2D eigenvalue weighted by molar-refractivity contribution is 1.07. The minimum Gasteiger partial charge on any atom is -0.309 e. The number of hydrogen-bond acceptors (Lipinski definition) is 3. The summed E-state index contributed by atoms with van der Waals surface area (Å²) < 4.78 is 4.81. The summed E-state index contributed by atoms with van der Waals surface area (Å²) in [5, 5.41) is 4.88. The van der Waals surface area contributed by atoms with E-state index in [4.69, 9.17) is 15.0 Å². The van der Waals surface area contributed by atoms with E-state index >= 15 is 0 Å². The van der Waals surface area contributed by atoms with Gasteiger partial charge in [0.15, 0.2) is 17.5 Å². The molecule has 9 aromatic carbocycles. The first-order valence-corrected chi connectivity index (χ1v) is 20.9. The van der Waals surface area contributed by atoms with Crippen LogP contribution in [-0.4, -0.2) is 24.1 Å². The quantitative estimate of drug-likeness (QED) is 0.162. The molecule has 12 rings (SSSR count). The smallest absolute Gasteiger partial charge is 0.164 e. The van der Waals surface area contributed by atoms with Crippen molar-refractivity contribution in [1.82, 2.24) is 24.1 Å². The van der Waals surface area contributed by atoms with Crippen LogP contribution in [0.1, 0.15) is 0 Å². The van der Waals surface area contributed by atoms with Crippen molar-refractivity contribution in [2.75, 3.05) is 0 Å². The minimum absolute atomic E-state index is 0.613. The van der Waals surface area contributed by atoms with E-state index in [2.05, 4.69) is 221 Å². The SMILES string of the molecule is c1ccc(-c2cccc(-c3nc(-c4ccc(-n5c6ccccc6c6ccc7c(c8ccccc8n7-c7ccccc7)c65)cc4)nc(-c4cccc(-c5ccccc5)c4)n3)c2)cc1. The second kappa shape index (κ2) is 14.7. The van der Waals surface area contributed by atoms with Crippen LogP contribution in [0, 0.1) is 0 Å². The van der Waals surface area contributed by atoms with Gasteiger partial charge in [-0.15, -0.1) is 0 Å². The molecule has 12 aromatic rings. The number of rotatable bonds is 7. The van der Waals surface area contributed by atoms with E-state index < -0.39 is 0 Å². The maximum absolute atomic E-state index is 5.18. The van der Waals surface area contributed by atoms with Crippen LogP contribution in [0.25, 0.3) is 111 Å². The summed E-state index contributed by atoms with van der Waals surface area (Å²) in [5.74, 6) is 1.86. The third-order valence-corrected chi connectivity index (χ3v) is 12.0. The molecule has 62 heavy (non-hydrogen) atoms. The molecule has 0 unspecified atom stereocenters. The third-order valence-electron chi connectivity index (χ3n) is 12.0. The van der Waals surface area contributed by atoms with E-state index in [0.717, 1.165) is 55.8 Å². The molecule has 0 saturated carbocycles. The fraction of sp³-hybridized carbons (Fsp3) is 0. The molecule has 0 spiro atoms. The topological polar surface area (TPSA) is 48.5 Å². The molecule has 0 bridgehead atoms. The van der Waals surface area contributed by atoms with Crippen LogP contribution < -0.4 is 0 Å². The van der Waals surface area contributed by atoms with Gasteiger partial charge in [0, 0.05) is 49.6 Å². The molecular weight excluding hydrogens is 755 g/mol. The van der Waals surface area contributed by atoms with Crippen LogP contribution in [0.4, 0.5) is 0 Å². The highest BCUT2D eigenvalue weighted by atomic mass is 15.0. The Morgan fingerprint density at radius 3 is 1.31 bits per heavy atom. The van der Waals surface area contributed by atoms with E-state index in [1.54, 1.807) is 0 Å². The molecule has 0 atom stereocenters. The standard InChI is InChI=1S/C57H37N5/c1-4-16-38(17-5-1)41-20-14-22-43(36-41)56-58-55(59-57(60-56)44-23-15-21-42(37-44)39-18-6-2-7-19-39)40-30-32-46(33-31-40)62-50-28-12-10-26-47(50)48-34-35-52-53(54(48)62)49-27-11-13-29-51(49)61(52)45-24-8-3-9-25-45/h1-37H. The fourth-order valence-corrected chi connectivity index (χ4v) is 9.09. The Morgan fingerprint density at radius 1 is 0.258 bits per heavy atom. The van der Waals surface area contributed by atoms with Crippen molar-refractivity contribution < 1.29 is 0 Å². The average molecular weight is 792 g/mol. The lowest BCUT2D eigenvalue weighted by atomic mass is 10.0. The van der Waals surface area contributed by atoms with E-state index in [0.29, 0.717) is 17.5 Å². The van der Waals surface area contributed by atoms with Gasteiger partial charge in [-0.05, 0) is 89.0 Å². The van der Waals surface area contributed by atoms with E-state index in [1.807, 2.05) is 12.1 Å². The van der Waals surface area contributed by atoms with Crippen molar-refractivity contribution in [3.8, 4) is 67.8 Å². The molecule has 3 heterocycles. The zero-order valence-electron chi connectivity index (χ0n) is 33.6. The molecular formula is C57H37N5. The predicted molar refractivity (Wildman–Crippen MR) is 256 cm³/mol. The van der Waals surface area contributed by atoms with Gasteiger partial charge < -0.3 is 9.13 Å². The molecule has 5 heteroatoms. The second-order valence-electron chi connectivity index (χ2n) is 15.6. The Morgan fingerprint density at radius 2 is 0.710 bits per heavy atom. The van der Waals surface area contributed by atoms with Crippen LogP contribution in [0.2, 0.25) is 0 Å². The highest BCUT2D eigenvalue weighted by molar-refractivity contribution is 6.26. The summed E-state index contributed by atoms with van der Waals surface area (Å²) in [6.45, 7) is 0. The monoisotopic (exact) mass is 791 g/mol. The summed E-state index contributed by atoms with van der Waals surface area (Å²) in [6, 6.07) is 79.1. The molecule has 0 saturated heterocycles. The Kier molecular flexibility index (Phi) is 8.42. The maximum Gasteiger partial charge on any atom is 0.164 e. The number of aromatic nitrogens is 5. The van der Waals surface area contributed by atoms with E-state index in [9.17, 15) is 0 Å². The molecule has 290 valence electrons. The van der Waals surface area contributed by atoms with Crippen molar-refractivity contribution in [2.45, 2.75) is 0 Å². The van der Waals surface area contributed by atoms with Crippen molar-refractivity contribution in [2.24, 2.45) is 0 Å². The van der Waals surface area contributed by atoms with Gasteiger partial charge in [-0.3, -0.25) is 0 Å². The fourth-order valence-electron chi connectivity index (χ4n) is 9.09. The number of para-hydroxylation sites is 3. The summed E-state index contributed by atoms with van der Waals surface area (Å²) in [5.41, 5.74) is 14.1. The molecule has 3 aromatic heterocycles. The molecule has 5 nitrogen and oxygen atoms in total. The first-order chi connectivity index (χ1) is 30.7. The number of hydrogen-bond donors (Lipinski definition) is 0. The molecule has 0 aliphatic carbocycles. The molecule has 0 N–H and O–H groups in total. The van der Waals surface area contributed by atoms with Crippen LogP contribution >= 0.6 is 0 Å².